The molecule has 0 aliphatic heterocycles. The van der Waals surface area contributed by atoms with Crippen LogP contribution in [-0.4, -0.2) is 6.03 Å². The first-order chi connectivity index (χ1) is 10.1. The standard InChI is InChI=1S/C16H16ClN3O/c17-11-2-7-14-10(9-11)1-8-15(14)19-12-3-5-13(6-4-12)20-16(18)21/h2-7,9,15,19H,1,8H2,(H3,18,20,21). The minimum absolute atomic E-state index is 0.298. The maximum atomic E-state index is 10.8. The molecule has 0 spiro atoms. The number of nitrogens with one attached hydrogen (secondary N) is 2. The number of aryl methyl sites for hydroxylation is 1. The van der Waals surface area contributed by atoms with Gasteiger partial charge in [0.1, 0.15) is 0 Å². The fourth-order valence-electron chi connectivity index (χ4n) is 2.73. The lowest BCUT2D eigenvalue weighted by atomic mass is 10.1. The summed E-state index contributed by atoms with van der Waals surface area (Å²) < 4.78 is 0. The molecule has 3 rings (SSSR count). The van der Waals surface area contributed by atoms with Crippen LogP contribution < -0.4 is 16.4 Å². The van der Waals surface area contributed by atoms with Crippen molar-refractivity contribution >= 4 is 29.0 Å². The second-order valence-corrected chi connectivity index (χ2v) is 5.58. The van der Waals surface area contributed by atoms with Gasteiger partial charge in [0.25, 0.3) is 0 Å². The van der Waals surface area contributed by atoms with Crippen LogP contribution >= 0.6 is 11.6 Å². The fourth-order valence-corrected chi connectivity index (χ4v) is 2.92. The molecule has 0 radical (unpaired) electrons. The molecule has 0 bridgehead atoms. The largest absolute Gasteiger partial charge is 0.378 e. The maximum Gasteiger partial charge on any atom is 0.316 e. The molecule has 2 aromatic carbocycles. The van der Waals surface area contributed by atoms with Crippen LogP contribution in [0.15, 0.2) is 42.5 Å². The number of carbonyl (C=O) groups is 1. The van der Waals surface area contributed by atoms with E-state index in [1.54, 1.807) is 0 Å². The van der Waals surface area contributed by atoms with Crippen molar-refractivity contribution in [3.8, 4) is 0 Å². The van der Waals surface area contributed by atoms with Crippen LogP contribution in [0, 0.1) is 0 Å². The second-order valence-electron chi connectivity index (χ2n) is 5.15. The first-order valence-electron chi connectivity index (χ1n) is 6.83. The summed E-state index contributed by atoms with van der Waals surface area (Å²) in [5, 5.41) is 6.84. The predicted octanol–water partition coefficient (Wildman–Crippen LogP) is 3.93. The smallest absolute Gasteiger partial charge is 0.316 e. The van der Waals surface area contributed by atoms with Crippen LogP contribution in [0.5, 0.6) is 0 Å². The van der Waals surface area contributed by atoms with Crippen LogP contribution in [0.25, 0.3) is 0 Å². The zero-order valence-electron chi connectivity index (χ0n) is 11.4. The molecule has 1 aliphatic rings. The Labute approximate surface area is 128 Å². The summed E-state index contributed by atoms with van der Waals surface area (Å²) in [7, 11) is 0. The zero-order chi connectivity index (χ0) is 14.8. The molecule has 0 aromatic heterocycles. The number of nitrogens with two attached hydrogens (primary N) is 1. The minimum atomic E-state index is -0.558. The topological polar surface area (TPSA) is 67.2 Å². The van der Waals surface area contributed by atoms with Gasteiger partial charge in [-0.15, -0.1) is 0 Å². The Morgan fingerprint density at radius 1 is 1.14 bits per heavy atom. The Bertz CT molecular complexity index is 670. The monoisotopic (exact) mass is 301 g/mol. The van der Waals surface area contributed by atoms with Gasteiger partial charge < -0.3 is 16.4 Å². The van der Waals surface area contributed by atoms with Crippen molar-refractivity contribution in [3.05, 3.63) is 58.6 Å². The minimum Gasteiger partial charge on any atom is -0.378 e. The van der Waals surface area contributed by atoms with Crippen molar-refractivity contribution in [3.63, 3.8) is 0 Å². The van der Waals surface area contributed by atoms with Crippen LogP contribution in [0.3, 0.4) is 0 Å². The van der Waals surface area contributed by atoms with E-state index in [0.29, 0.717) is 11.7 Å². The van der Waals surface area contributed by atoms with Gasteiger partial charge >= 0.3 is 6.03 Å². The molecule has 5 heteroatoms. The van der Waals surface area contributed by atoms with Gasteiger partial charge in [0.05, 0.1) is 6.04 Å². The molecule has 1 unspecified atom stereocenters. The molecule has 2 aromatic rings. The van der Waals surface area contributed by atoms with E-state index in [9.17, 15) is 4.79 Å². The molecule has 0 fully saturated rings. The third-order valence-corrected chi connectivity index (χ3v) is 3.91. The van der Waals surface area contributed by atoms with E-state index in [1.807, 2.05) is 36.4 Å². The molecular weight excluding hydrogens is 286 g/mol. The first kappa shape index (κ1) is 13.8. The number of carbonyl (C=O) groups excluding carboxylic acids is 1. The summed E-state index contributed by atoms with van der Waals surface area (Å²) in [6, 6.07) is 13.3. The van der Waals surface area contributed by atoms with Crippen molar-refractivity contribution in [2.45, 2.75) is 18.9 Å². The van der Waals surface area contributed by atoms with E-state index in [4.69, 9.17) is 17.3 Å². The van der Waals surface area contributed by atoms with E-state index in [1.165, 1.54) is 11.1 Å². The summed E-state index contributed by atoms with van der Waals surface area (Å²) in [5.74, 6) is 0. The summed E-state index contributed by atoms with van der Waals surface area (Å²) >= 11 is 6.03. The number of primary amides is 1. The lowest BCUT2D eigenvalue weighted by Crippen LogP contribution is -2.19. The average molecular weight is 302 g/mol. The average Bonchev–Trinajstić information content (AvgIpc) is 2.83. The first-order valence-corrected chi connectivity index (χ1v) is 7.21. The molecule has 2 amide bonds. The van der Waals surface area contributed by atoms with Gasteiger partial charge in [0.15, 0.2) is 0 Å². The van der Waals surface area contributed by atoms with E-state index in [2.05, 4.69) is 16.7 Å². The van der Waals surface area contributed by atoms with Crippen LogP contribution in [0.1, 0.15) is 23.6 Å². The van der Waals surface area contributed by atoms with Gasteiger partial charge in [-0.25, -0.2) is 4.79 Å². The molecule has 0 saturated carbocycles. The van der Waals surface area contributed by atoms with Crippen molar-refractivity contribution in [2.24, 2.45) is 5.73 Å². The van der Waals surface area contributed by atoms with E-state index in [-0.39, 0.29) is 0 Å². The number of benzene rings is 2. The Morgan fingerprint density at radius 3 is 2.57 bits per heavy atom. The highest BCUT2D eigenvalue weighted by Gasteiger charge is 2.22. The van der Waals surface area contributed by atoms with E-state index < -0.39 is 6.03 Å². The van der Waals surface area contributed by atoms with E-state index in [0.717, 1.165) is 23.6 Å². The van der Waals surface area contributed by atoms with Gasteiger partial charge in [0.2, 0.25) is 0 Å². The predicted molar refractivity (Wildman–Crippen MR) is 85.8 cm³/mol. The number of anilines is 2. The Balaban J connectivity index is 1.72. The van der Waals surface area contributed by atoms with Gasteiger partial charge in [-0.2, -0.15) is 0 Å². The highest BCUT2D eigenvalue weighted by molar-refractivity contribution is 6.30. The van der Waals surface area contributed by atoms with Crippen molar-refractivity contribution < 1.29 is 4.79 Å². The van der Waals surface area contributed by atoms with E-state index >= 15 is 0 Å². The SMILES string of the molecule is NC(=O)Nc1ccc(NC2CCc3cc(Cl)ccc32)cc1. The molecule has 0 saturated heterocycles. The lowest BCUT2D eigenvalue weighted by Gasteiger charge is -2.16. The number of halogens is 1. The third-order valence-electron chi connectivity index (χ3n) is 3.68. The Kier molecular flexibility index (Phi) is 3.71. The molecule has 0 heterocycles. The summed E-state index contributed by atoms with van der Waals surface area (Å²) in [6.07, 6.45) is 2.09. The van der Waals surface area contributed by atoms with Gasteiger partial charge in [0, 0.05) is 16.4 Å². The molecule has 108 valence electrons. The highest BCUT2D eigenvalue weighted by atomic mass is 35.5. The summed E-state index contributed by atoms with van der Waals surface area (Å²) in [4.78, 5) is 10.8. The summed E-state index contributed by atoms with van der Waals surface area (Å²) in [5.41, 5.74) is 9.40. The molecule has 1 atom stereocenters. The normalized spacial score (nSPS) is 16.3. The highest BCUT2D eigenvalue weighted by Crippen LogP contribution is 2.35. The van der Waals surface area contributed by atoms with Gasteiger partial charge in [-0.1, -0.05) is 17.7 Å². The number of urea groups is 1. The quantitative estimate of drug-likeness (QED) is 0.804. The lowest BCUT2D eigenvalue weighted by molar-refractivity contribution is 0.259. The molecule has 4 N–H and O–H groups in total. The number of rotatable bonds is 3. The van der Waals surface area contributed by atoms with Crippen LogP contribution in [-0.2, 0) is 6.42 Å². The maximum absolute atomic E-state index is 10.8. The Morgan fingerprint density at radius 2 is 1.86 bits per heavy atom. The molecule has 21 heavy (non-hydrogen) atoms. The molecular formula is C16H16ClN3O. The number of hydrogen-bond acceptors (Lipinski definition) is 2. The fraction of sp³-hybridized carbons (Fsp3) is 0.188. The Hall–Kier alpha value is -2.20. The summed E-state index contributed by atoms with van der Waals surface area (Å²) in [6.45, 7) is 0. The second kappa shape index (κ2) is 5.66. The number of fused-ring (bicyclic) bond motifs is 1. The third kappa shape index (κ3) is 3.11. The van der Waals surface area contributed by atoms with Crippen LogP contribution in [0.2, 0.25) is 5.02 Å². The van der Waals surface area contributed by atoms with Crippen LogP contribution in [0.4, 0.5) is 16.2 Å². The van der Waals surface area contributed by atoms with Gasteiger partial charge in [-0.05, 0) is 60.4 Å². The van der Waals surface area contributed by atoms with Crippen molar-refractivity contribution in [1.29, 1.82) is 0 Å². The van der Waals surface area contributed by atoms with Gasteiger partial charge in [-0.3, -0.25) is 0 Å². The molecule has 4 nitrogen and oxygen atoms in total. The van der Waals surface area contributed by atoms with Crippen molar-refractivity contribution in [2.75, 3.05) is 10.6 Å². The zero-order valence-corrected chi connectivity index (χ0v) is 12.2. The van der Waals surface area contributed by atoms with Crippen molar-refractivity contribution in [1.82, 2.24) is 0 Å². The number of amides is 2. The number of hydrogen-bond donors (Lipinski definition) is 3. The molecule has 1 aliphatic carbocycles.